The van der Waals surface area contributed by atoms with Crippen molar-refractivity contribution >= 4 is 64.5 Å². The van der Waals surface area contributed by atoms with Crippen molar-refractivity contribution in [3.05, 3.63) is 102 Å². The quantitative estimate of drug-likeness (QED) is 0.278. The first-order chi connectivity index (χ1) is 13.3. The standard InChI is InChI=1S/C24H16BrNS/c25-21-11-5-6-12-22(21)26(17-8-2-1-3-9-17)18-14-15-24-20(16-18)19-10-4-7-13-23(19)27-24/h1-16H. The van der Waals surface area contributed by atoms with Crippen LogP contribution in [0, 0.1) is 0 Å². The van der Waals surface area contributed by atoms with Gasteiger partial charge in [0.25, 0.3) is 0 Å². The van der Waals surface area contributed by atoms with Gasteiger partial charge in [-0.25, -0.2) is 0 Å². The molecule has 0 bridgehead atoms. The van der Waals surface area contributed by atoms with Gasteiger partial charge in [-0.1, -0.05) is 48.5 Å². The lowest BCUT2D eigenvalue weighted by molar-refractivity contribution is 1.28. The maximum absolute atomic E-state index is 3.73. The molecule has 0 saturated heterocycles. The normalized spacial score (nSPS) is 11.1. The number of rotatable bonds is 3. The predicted molar refractivity (Wildman–Crippen MR) is 122 cm³/mol. The fourth-order valence-corrected chi connectivity index (χ4v) is 5.04. The maximum atomic E-state index is 3.73. The molecular weight excluding hydrogens is 414 g/mol. The molecule has 0 amide bonds. The molecule has 5 aromatic rings. The van der Waals surface area contributed by atoms with Gasteiger partial charge in [-0.15, -0.1) is 11.3 Å². The maximum Gasteiger partial charge on any atom is 0.0603 e. The SMILES string of the molecule is Brc1ccccc1N(c1ccccc1)c1ccc2sc3ccccc3c2c1. The summed E-state index contributed by atoms with van der Waals surface area (Å²) in [5, 5.41) is 2.63. The van der Waals surface area contributed by atoms with Crippen molar-refractivity contribution in [3.8, 4) is 0 Å². The van der Waals surface area contributed by atoms with Crippen molar-refractivity contribution < 1.29 is 0 Å². The monoisotopic (exact) mass is 429 g/mol. The molecule has 0 spiro atoms. The molecule has 1 aromatic heterocycles. The molecule has 0 atom stereocenters. The lowest BCUT2D eigenvalue weighted by Crippen LogP contribution is -2.10. The van der Waals surface area contributed by atoms with Crippen molar-refractivity contribution in [2.24, 2.45) is 0 Å². The molecule has 130 valence electrons. The smallest absolute Gasteiger partial charge is 0.0603 e. The highest BCUT2D eigenvalue weighted by atomic mass is 79.9. The third-order valence-corrected chi connectivity index (χ3v) is 6.55. The van der Waals surface area contributed by atoms with Crippen LogP contribution < -0.4 is 4.90 Å². The fourth-order valence-electron chi connectivity index (χ4n) is 3.49. The predicted octanol–water partition coefficient (Wildman–Crippen LogP) is 8.29. The second-order valence-corrected chi connectivity index (χ2v) is 8.34. The Kier molecular flexibility index (Phi) is 4.19. The summed E-state index contributed by atoms with van der Waals surface area (Å²) in [4.78, 5) is 2.30. The van der Waals surface area contributed by atoms with E-state index in [0.29, 0.717) is 0 Å². The van der Waals surface area contributed by atoms with E-state index in [1.54, 1.807) is 0 Å². The minimum atomic E-state index is 1.07. The van der Waals surface area contributed by atoms with Crippen molar-refractivity contribution in [2.45, 2.75) is 0 Å². The van der Waals surface area contributed by atoms with Crippen molar-refractivity contribution in [1.82, 2.24) is 0 Å². The molecule has 1 heterocycles. The molecule has 0 saturated carbocycles. The number of thiophene rings is 1. The van der Waals surface area contributed by atoms with Gasteiger partial charge in [-0.05, 0) is 64.5 Å². The van der Waals surface area contributed by atoms with Crippen LogP contribution in [0.15, 0.2) is 102 Å². The van der Waals surface area contributed by atoms with Crippen LogP contribution in [0.3, 0.4) is 0 Å². The number of benzene rings is 4. The summed E-state index contributed by atoms with van der Waals surface area (Å²) in [6, 6.07) is 34.3. The van der Waals surface area contributed by atoms with Gasteiger partial charge in [-0.3, -0.25) is 0 Å². The van der Waals surface area contributed by atoms with Crippen LogP contribution in [0.4, 0.5) is 17.1 Å². The van der Waals surface area contributed by atoms with Gasteiger partial charge in [0.1, 0.15) is 0 Å². The van der Waals surface area contributed by atoms with E-state index in [1.807, 2.05) is 17.4 Å². The van der Waals surface area contributed by atoms with Crippen molar-refractivity contribution in [3.63, 3.8) is 0 Å². The second kappa shape index (κ2) is 6.84. The first-order valence-electron chi connectivity index (χ1n) is 8.82. The highest BCUT2D eigenvalue weighted by Gasteiger charge is 2.16. The summed E-state index contributed by atoms with van der Waals surface area (Å²) in [5.41, 5.74) is 3.43. The molecule has 0 N–H and O–H groups in total. The first-order valence-corrected chi connectivity index (χ1v) is 10.4. The van der Waals surface area contributed by atoms with Gasteiger partial charge >= 0.3 is 0 Å². The Morgan fingerprint density at radius 1 is 0.593 bits per heavy atom. The van der Waals surface area contributed by atoms with E-state index in [2.05, 4.69) is 112 Å². The van der Waals surface area contributed by atoms with Gasteiger partial charge in [0, 0.05) is 36.0 Å². The lowest BCUT2D eigenvalue weighted by Gasteiger charge is -2.26. The van der Waals surface area contributed by atoms with Crippen LogP contribution in [0.1, 0.15) is 0 Å². The zero-order valence-corrected chi connectivity index (χ0v) is 16.9. The van der Waals surface area contributed by atoms with Gasteiger partial charge < -0.3 is 4.90 Å². The van der Waals surface area contributed by atoms with E-state index in [0.717, 1.165) is 21.5 Å². The zero-order chi connectivity index (χ0) is 18.2. The number of para-hydroxylation sites is 2. The summed E-state index contributed by atoms with van der Waals surface area (Å²) in [6.07, 6.45) is 0. The highest BCUT2D eigenvalue weighted by Crippen LogP contribution is 2.42. The van der Waals surface area contributed by atoms with Crippen molar-refractivity contribution in [1.29, 1.82) is 0 Å². The fraction of sp³-hybridized carbons (Fsp3) is 0. The van der Waals surface area contributed by atoms with Gasteiger partial charge in [0.15, 0.2) is 0 Å². The summed E-state index contributed by atoms with van der Waals surface area (Å²) in [6.45, 7) is 0. The van der Waals surface area contributed by atoms with E-state index >= 15 is 0 Å². The van der Waals surface area contributed by atoms with Gasteiger partial charge in [0.05, 0.1) is 5.69 Å². The molecule has 5 rings (SSSR count). The molecule has 0 fully saturated rings. The summed E-state index contributed by atoms with van der Waals surface area (Å²) < 4.78 is 3.72. The number of hydrogen-bond donors (Lipinski definition) is 0. The minimum absolute atomic E-state index is 1.07. The molecule has 0 unspecified atom stereocenters. The number of hydrogen-bond acceptors (Lipinski definition) is 2. The molecule has 0 aliphatic carbocycles. The Morgan fingerprint density at radius 3 is 2.15 bits per heavy atom. The molecule has 0 aliphatic heterocycles. The number of halogens is 1. The highest BCUT2D eigenvalue weighted by molar-refractivity contribution is 9.10. The average molecular weight is 430 g/mol. The zero-order valence-electron chi connectivity index (χ0n) is 14.5. The van der Waals surface area contributed by atoms with Gasteiger partial charge in [0.2, 0.25) is 0 Å². The van der Waals surface area contributed by atoms with E-state index in [4.69, 9.17) is 0 Å². The third-order valence-electron chi connectivity index (χ3n) is 4.73. The van der Waals surface area contributed by atoms with Gasteiger partial charge in [-0.2, -0.15) is 0 Å². The Balaban J connectivity index is 1.77. The molecule has 0 radical (unpaired) electrons. The lowest BCUT2D eigenvalue weighted by atomic mass is 10.1. The Labute approximate surface area is 170 Å². The molecular formula is C24H16BrNS. The van der Waals surface area contributed by atoms with E-state index < -0.39 is 0 Å². The second-order valence-electron chi connectivity index (χ2n) is 6.40. The molecule has 0 aliphatic rings. The Hall–Kier alpha value is -2.62. The summed E-state index contributed by atoms with van der Waals surface area (Å²) in [7, 11) is 0. The summed E-state index contributed by atoms with van der Waals surface area (Å²) in [5.74, 6) is 0. The van der Waals surface area contributed by atoms with Crippen LogP contribution in [0.5, 0.6) is 0 Å². The topological polar surface area (TPSA) is 3.24 Å². The Morgan fingerprint density at radius 2 is 1.30 bits per heavy atom. The average Bonchev–Trinajstić information content (AvgIpc) is 3.09. The van der Waals surface area contributed by atoms with E-state index in [1.165, 1.54) is 20.2 Å². The number of fused-ring (bicyclic) bond motifs is 3. The van der Waals surface area contributed by atoms with Crippen molar-refractivity contribution in [2.75, 3.05) is 4.90 Å². The van der Waals surface area contributed by atoms with Crippen LogP contribution in [0.2, 0.25) is 0 Å². The summed E-state index contributed by atoms with van der Waals surface area (Å²) >= 11 is 5.58. The number of nitrogens with zero attached hydrogens (tertiary/aromatic N) is 1. The molecule has 4 aromatic carbocycles. The first kappa shape index (κ1) is 16.5. The largest absolute Gasteiger partial charge is 0.309 e. The molecule has 3 heteroatoms. The van der Waals surface area contributed by atoms with Crippen LogP contribution in [-0.2, 0) is 0 Å². The Bertz CT molecular complexity index is 1240. The molecule has 1 nitrogen and oxygen atoms in total. The van der Waals surface area contributed by atoms with E-state index in [9.17, 15) is 0 Å². The van der Waals surface area contributed by atoms with Crippen LogP contribution in [-0.4, -0.2) is 0 Å². The third kappa shape index (κ3) is 2.93. The van der Waals surface area contributed by atoms with Crippen LogP contribution >= 0.6 is 27.3 Å². The van der Waals surface area contributed by atoms with E-state index in [-0.39, 0.29) is 0 Å². The number of anilines is 3. The molecule has 27 heavy (non-hydrogen) atoms. The minimum Gasteiger partial charge on any atom is -0.309 e. The van der Waals surface area contributed by atoms with Crippen LogP contribution in [0.25, 0.3) is 20.2 Å².